The maximum atomic E-state index is 12.4. The molecule has 0 aliphatic heterocycles. The summed E-state index contributed by atoms with van der Waals surface area (Å²) in [5.74, 6) is 0.180. The second-order valence-corrected chi connectivity index (χ2v) is 5.30. The van der Waals surface area contributed by atoms with E-state index in [1.165, 1.54) is 11.1 Å². The quantitative estimate of drug-likeness (QED) is 0.869. The molecule has 2 rings (SSSR count). The minimum atomic E-state index is -0.251. The summed E-state index contributed by atoms with van der Waals surface area (Å²) in [5.41, 5.74) is 2.16. The molecule has 1 aromatic rings. The number of rotatable bonds is 5. The molecule has 19 heavy (non-hydrogen) atoms. The molecule has 1 atom stereocenters. The van der Waals surface area contributed by atoms with Gasteiger partial charge in [-0.25, -0.2) is 0 Å². The number of nitrogens with one attached hydrogen (secondary N) is 2. The molecule has 0 heterocycles. The third-order valence-electron chi connectivity index (χ3n) is 3.91. The predicted molar refractivity (Wildman–Crippen MR) is 80.9 cm³/mol. The largest absolute Gasteiger partial charge is 0.354 e. The molecule has 106 valence electrons. The highest BCUT2D eigenvalue weighted by Gasteiger charge is 2.51. The van der Waals surface area contributed by atoms with Crippen LogP contribution >= 0.6 is 12.4 Å². The van der Waals surface area contributed by atoms with Crippen LogP contribution in [0.4, 0.5) is 0 Å². The van der Waals surface area contributed by atoms with Gasteiger partial charge in [-0.3, -0.25) is 4.79 Å². The fraction of sp³-hybridized carbons (Fsp3) is 0.533. The summed E-state index contributed by atoms with van der Waals surface area (Å²) in [4.78, 5) is 12.4. The lowest BCUT2D eigenvalue weighted by atomic mass is 9.91. The van der Waals surface area contributed by atoms with Crippen molar-refractivity contribution >= 4 is 18.3 Å². The Morgan fingerprint density at radius 2 is 2.00 bits per heavy atom. The van der Waals surface area contributed by atoms with Gasteiger partial charge >= 0.3 is 0 Å². The Morgan fingerprint density at radius 1 is 1.37 bits per heavy atom. The molecule has 0 spiro atoms. The number of benzene rings is 1. The Balaban J connectivity index is 0.00000180. The molecular formula is C15H23ClN2O. The van der Waals surface area contributed by atoms with Gasteiger partial charge in [-0.05, 0) is 44.9 Å². The van der Waals surface area contributed by atoms with E-state index < -0.39 is 0 Å². The van der Waals surface area contributed by atoms with Gasteiger partial charge in [0.25, 0.3) is 0 Å². The maximum absolute atomic E-state index is 12.4. The van der Waals surface area contributed by atoms with E-state index in [1.807, 2.05) is 19.2 Å². The first kappa shape index (κ1) is 16.0. The summed E-state index contributed by atoms with van der Waals surface area (Å²) in [6, 6.07) is 8.52. The van der Waals surface area contributed by atoms with Gasteiger partial charge in [-0.15, -0.1) is 12.4 Å². The molecule has 4 heteroatoms. The number of carbonyl (C=O) groups excluding carboxylic acids is 1. The molecule has 1 aromatic carbocycles. The number of amides is 1. The fourth-order valence-corrected chi connectivity index (χ4v) is 2.37. The van der Waals surface area contributed by atoms with Crippen LogP contribution in [-0.4, -0.2) is 25.5 Å². The third-order valence-corrected chi connectivity index (χ3v) is 3.91. The molecule has 2 N–H and O–H groups in total. The van der Waals surface area contributed by atoms with Crippen LogP contribution in [0, 0.1) is 6.92 Å². The highest BCUT2D eigenvalue weighted by atomic mass is 35.5. The van der Waals surface area contributed by atoms with Crippen molar-refractivity contribution in [2.24, 2.45) is 0 Å². The number of hydrogen-bond donors (Lipinski definition) is 2. The van der Waals surface area contributed by atoms with E-state index in [1.54, 1.807) is 0 Å². The average molecular weight is 283 g/mol. The summed E-state index contributed by atoms with van der Waals surface area (Å²) in [5, 5.41) is 6.19. The molecule has 0 radical (unpaired) electrons. The maximum Gasteiger partial charge on any atom is 0.230 e. The molecule has 3 nitrogen and oxygen atoms in total. The molecule has 0 aromatic heterocycles. The lowest BCUT2D eigenvalue weighted by Gasteiger charge is -2.19. The van der Waals surface area contributed by atoms with E-state index in [0.29, 0.717) is 12.6 Å². The van der Waals surface area contributed by atoms with Crippen LogP contribution in [0.5, 0.6) is 0 Å². The number of carbonyl (C=O) groups is 1. The van der Waals surface area contributed by atoms with E-state index in [-0.39, 0.29) is 23.7 Å². The van der Waals surface area contributed by atoms with Crippen LogP contribution in [-0.2, 0) is 10.2 Å². The lowest BCUT2D eigenvalue weighted by Crippen LogP contribution is -2.42. The van der Waals surface area contributed by atoms with Gasteiger partial charge < -0.3 is 10.6 Å². The fourth-order valence-electron chi connectivity index (χ4n) is 2.37. The first-order valence-electron chi connectivity index (χ1n) is 6.62. The zero-order valence-electron chi connectivity index (χ0n) is 11.8. The molecule has 1 aliphatic rings. The highest BCUT2D eigenvalue weighted by molar-refractivity contribution is 5.91. The minimum absolute atomic E-state index is 0. The number of aryl methyl sites for hydroxylation is 1. The topological polar surface area (TPSA) is 41.1 Å². The van der Waals surface area contributed by atoms with E-state index in [0.717, 1.165) is 12.8 Å². The van der Waals surface area contributed by atoms with Crippen LogP contribution < -0.4 is 10.6 Å². The second-order valence-electron chi connectivity index (χ2n) is 5.30. The summed E-state index contributed by atoms with van der Waals surface area (Å²) in [7, 11) is 1.91. The minimum Gasteiger partial charge on any atom is -0.354 e. The Bertz CT molecular complexity index is 444. The van der Waals surface area contributed by atoms with Crippen molar-refractivity contribution in [2.75, 3.05) is 13.6 Å². The predicted octanol–water partition coefficient (Wildman–Crippen LogP) is 2.17. The molecule has 1 unspecified atom stereocenters. The SMILES string of the molecule is CNC(C)CNC(=O)C1(c2ccccc2C)CC1.Cl. The van der Waals surface area contributed by atoms with Crippen molar-refractivity contribution in [3.8, 4) is 0 Å². The van der Waals surface area contributed by atoms with Crippen molar-refractivity contribution in [1.29, 1.82) is 0 Å². The van der Waals surface area contributed by atoms with E-state index >= 15 is 0 Å². The van der Waals surface area contributed by atoms with Gasteiger partial charge in [0, 0.05) is 12.6 Å². The number of likely N-dealkylation sites (N-methyl/N-ethyl adjacent to an activating group) is 1. The zero-order valence-corrected chi connectivity index (χ0v) is 12.6. The number of halogens is 1. The Morgan fingerprint density at radius 3 is 2.53 bits per heavy atom. The van der Waals surface area contributed by atoms with Gasteiger partial charge in [-0.1, -0.05) is 24.3 Å². The Hall–Kier alpha value is -1.06. The molecule has 1 amide bonds. The van der Waals surface area contributed by atoms with Crippen molar-refractivity contribution in [1.82, 2.24) is 10.6 Å². The molecule has 0 bridgehead atoms. The van der Waals surface area contributed by atoms with E-state index in [9.17, 15) is 4.79 Å². The first-order valence-corrected chi connectivity index (χ1v) is 6.62. The van der Waals surface area contributed by atoms with Gasteiger partial charge in [0.1, 0.15) is 0 Å². The lowest BCUT2D eigenvalue weighted by molar-refractivity contribution is -0.123. The van der Waals surface area contributed by atoms with Crippen LogP contribution in [0.2, 0.25) is 0 Å². The van der Waals surface area contributed by atoms with Gasteiger partial charge in [0.05, 0.1) is 5.41 Å². The zero-order chi connectivity index (χ0) is 13.2. The van der Waals surface area contributed by atoms with Crippen molar-refractivity contribution < 1.29 is 4.79 Å². The Labute approximate surface area is 121 Å². The van der Waals surface area contributed by atoms with Crippen molar-refractivity contribution in [3.63, 3.8) is 0 Å². The standard InChI is InChI=1S/C15H22N2O.ClH/c1-11-6-4-5-7-13(11)15(8-9-15)14(18)17-10-12(2)16-3;/h4-7,12,16H,8-10H2,1-3H3,(H,17,18);1H. The van der Waals surface area contributed by atoms with Gasteiger partial charge in [-0.2, -0.15) is 0 Å². The van der Waals surface area contributed by atoms with Gasteiger partial charge in [0.2, 0.25) is 5.91 Å². The molecule has 1 saturated carbocycles. The normalized spacial score (nSPS) is 17.2. The van der Waals surface area contributed by atoms with Crippen LogP contribution in [0.1, 0.15) is 30.9 Å². The van der Waals surface area contributed by atoms with Crippen molar-refractivity contribution in [2.45, 2.75) is 38.1 Å². The smallest absolute Gasteiger partial charge is 0.230 e. The van der Waals surface area contributed by atoms with Crippen LogP contribution in [0.15, 0.2) is 24.3 Å². The summed E-state index contributed by atoms with van der Waals surface area (Å²) in [6.07, 6.45) is 1.94. The highest BCUT2D eigenvalue weighted by Crippen LogP contribution is 2.49. The van der Waals surface area contributed by atoms with E-state index in [2.05, 4.69) is 36.6 Å². The molecular weight excluding hydrogens is 260 g/mol. The average Bonchev–Trinajstić information content (AvgIpc) is 3.17. The monoisotopic (exact) mass is 282 g/mol. The van der Waals surface area contributed by atoms with Crippen LogP contribution in [0.3, 0.4) is 0 Å². The summed E-state index contributed by atoms with van der Waals surface area (Å²) < 4.78 is 0. The molecule has 0 saturated heterocycles. The van der Waals surface area contributed by atoms with Crippen LogP contribution in [0.25, 0.3) is 0 Å². The summed E-state index contributed by atoms with van der Waals surface area (Å²) >= 11 is 0. The van der Waals surface area contributed by atoms with Crippen molar-refractivity contribution in [3.05, 3.63) is 35.4 Å². The first-order chi connectivity index (χ1) is 8.60. The Kier molecular flexibility index (Phi) is 5.39. The second kappa shape index (κ2) is 6.40. The molecule has 1 fully saturated rings. The van der Waals surface area contributed by atoms with Gasteiger partial charge in [0.15, 0.2) is 0 Å². The molecule has 1 aliphatic carbocycles. The third kappa shape index (κ3) is 3.28. The summed E-state index contributed by atoms with van der Waals surface area (Å²) in [6.45, 7) is 4.83. The number of hydrogen-bond acceptors (Lipinski definition) is 2. The van der Waals surface area contributed by atoms with E-state index in [4.69, 9.17) is 0 Å².